The Morgan fingerprint density at radius 2 is 2.14 bits per heavy atom. The Kier molecular flexibility index (Phi) is 13.5. The van der Waals surface area contributed by atoms with Crippen molar-refractivity contribution in [2.24, 2.45) is 0 Å². The number of carbonyl (C=O) groups is 1. The van der Waals surface area contributed by atoms with Crippen LogP contribution in [0.4, 0.5) is 0 Å². The van der Waals surface area contributed by atoms with Crippen LogP contribution in [-0.4, -0.2) is 12.6 Å². The van der Waals surface area contributed by atoms with E-state index in [9.17, 15) is 9.59 Å². The van der Waals surface area contributed by atoms with Crippen molar-refractivity contribution in [3.8, 4) is 0 Å². The minimum Gasteiger partial charge on any atom is -0.542 e. The van der Waals surface area contributed by atoms with Gasteiger partial charge in [0, 0.05) is 20.1 Å². The summed E-state index contributed by atoms with van der Waals surface area (Å²) in [4.78, 5) is 18.7. The van der Waals surface area contributed by atoms with Crippen LogP contribution >= 0.6 is 0 Å². The smallest absolute Gasteiger partial charge is 0.117 e. The molecule has 43 valence electrons. The number of rotatable bonds is 3. The van der Waals surface area contributed by atoms with Gasteiger partial charge in [0.2, 0.25) is 0 Å². The number of carbonyl (C=O) groups excluding carboxylic acids is 2. The summed E-state index contributed by atoms with van der Waals surface area (Å²) in [6.45, 7) is 0. The van der Waals surface area contributed by atoms with E-state index >= 15 is 0 Å². The van der Waals surface area contributed by atoms with Crippen LogP contribution in [0.25, 0.3) is 0 Å². The van der Waals surface area contributed by atoms with Gasteiger partial charge in [0.15, 0.2) is 0 Å². The number of aldehydes is 1. The predicted octanol–water partition coefficient (Wildman–Crippen LogP) is 0.0727. The largest absolute Gasteiger partial charge is 0.542 e. The Morgan fingerprint density at radius 3 is 2.29 bits per heavy atom. The van der Waals surface area contributed by atoms with E-state index in [-0.39, 0.29) is 26.5 Å². The average Bonchev–Trinajstić information content (AvgIpc) is 1.61. The number of hydrogen-bond donors (Lipinski definition) is 0. The second-order valence-corrected chi connectivity index (χ2v) is 0.850. The quantitative estimate of drug-likeness (QED) is 0.416. The van der Waals surface area contributed by atoms with E-state index in [0.717, 1.165) is 0 Å². The van der Waals surface area contributed by atoms with Crippen molar-refractivity contribution < 1.29 is 29.7 Å². The summed E-state index contributed by atoms with van der Waals surface area (Å²) < 4.78 is 0. The molecule has 0 bridgehead atoms. The Morgan fingerprint density at radius 1 is 1.57 bits per heavy atom. The molecule has 0 rings (SSSR count). The van der Waals surface area contributed by atoms with E-state index in [1.54, 1.807) is 6.29 Å². The molecule has 3 heteroatoms. The van der Waals surface area contributed by atoms with Crippen LogP contribution in [0, 0.1) is 0 Å². The number of unbranched alkanes of at least 4 members (excludes halogenated alkanes) is 1. The summed E-state index contributed by atoms with van der Waals surface area (Å²) >= 11 is 0. The Labute approximate surface area is 55.6 Å². The molecule has 0 aromatic carbocycles. The third-order valence-corrected chi connectivity index (χ3v) is 0.364. The molecule has 0 aliphatic carbocycles. The van der Waals surface area contributed by atoms with Gasteiger partial charge < -0.3 is 9.59 Å². The van der Waals surface area contributed by atoms with Gasteiger partial charge >= 0.3 is 0 Å². The van der Waals surface area contributed by atoms with E-state index < -0.39 is 0 Å². The van der Waals surface area contributed by atoms with Gasteiger partial charge in [-0.1, -0.05) is 0 Å². The minimum absolute atomic E-state index is 0. The molecule has 0 unspecified atom stereocenters. The van der Waals surface area contributed by atoms with E-state index in [4.69, 9.17) is 0 Å². The van der Waals surface area contributed by atoms with Crippen molar-refractivity contribution in [3.63, 3.8) is 0 Å². The summed E-state index contributed by atoms with van der Waals surface area (Å²) in [5.41, 5.74) is 0. The molecular weight excluding hydrogens is 272 g/mol. The first-order chi connectivity index (χ1) is 2.91. The van der Waals surface area contributed by atoms with Crippen LogP contribution in [0.2, 0.25) is 0 Å². The van der Waals surface area contributed by atoms with Crippen molar-refractivity contribution in [1.29, 1.82) is 0 Å². The fraction of sp³-hybridized carbons (Fsp3) is 0.500. The molecule has 0 fully saturated rings. The molecule has 0 saturated heterocycles. The van der Waals surface area contributed by atoms with Crippen LogP contribution in [0.5, 0.6) is 0 Å². The molecule has 0 N–H and O–H groups in total. The molecule has 0 aliphatic heterocycles. The minimum atomic E-state index is 0. The first-order valence-corrected chi connectivity index (χ1v) is 1.70. The molecule has 0 saturated carbocycles. The van der Waals surface area contributed by atoms with Crippen molar-refractivity contribution in [2.75, 3.05) is 0 Å². The number of hydrogen-bond acceptors (Lipinski definition) is 2. The summed E-state index contributed by atoms with van der Waals surface area (Å²) in [5, 5.41) is 0. The maximum Gasteiger partial charge on any atom is 0.117 e. The molecule has 0 spiro atoms. The van der Waals surface area contributed by atoms with E-state index in [1.807, 2.05) is 0 Å². The predicted molar refractivity (Wildman–Crippen MR) is 21.0 cm³/mol. The zero-order valence-corrected chi connectivity index (χ0v) is 6.04. The first kappa shape index (κ1) is 10.1. The Balaban J connectivity index is 0. The SMILES string of the molecule is O=[C-]CCC=O.[Ir]. The van der Waals surface area contributed by atoms with Crippen LogP contribution in [-0.2, 0) is 29.7 Å². The van der Waals surface area contributed by atoms with E-state index in [0.29, 0.717) is 12.7 Å². The maximum absolute atomic E-state index is 9.38. The molecule has 7 heavy (non-hydrogen) atoms. The molecule has 0 aliphatic rings. The second-order valence-electron chi connectivity index (χ2n) is 0.850. The van der Waals surface area contributed by atoms with Crippen LogP contribution in [0.15, 0.2) is 0 Å². The molecule has 0 amide bonds. The third kappa shape index (κ3) is 10.7. The monoisotopic (exact) mass is 278 g/mol. The Hall–Kier alpha value is -0.0106. The van der Waals surface area contributed by atoms with Gasteiger partial charge in [-0.15, -0.1) is 6.42 Å². The van der Waals surface area contributed by atoms with Crippen LogP contribution in [0.3, 0.4) is 0 Å². The zero-order valence-electron chi connectivity index (χ0n) is 3.64. The van der Waals surface area contributed by atoms with Crippen molar-refractivity contribution in [1.82, 2.24) is 0 Å². The second kappa shape index (κ2) is 9.37. The van der Waals surface area contributed by atoms with Gasteiger partial charge in [-0.25, -0.2) is 0 Å². The first-order valence-electron chi connectivity index (χ1n) is 1.70. The molecule has 1 radical (unpaired) electrons. The third-order valence-electron chi connectivity index (χ3n) is 0.364. The standard InChI is InChI=1S/C4H5O2.Ir/c5-3-1-2-4-6;/h3H,1-2H2;/q-1;. The van der Waals surface area contributed by atoms with E-state index in [2.05, 4.69) is 0 Å². The van der Waals surface area contributed by atoms with Crippen molar-refractivity contribution >= 4 is 12.6 Å². The van der Waals surface area contributed by atoms with Crippen LogP contribution in [0.1, 0.15) is 12.8 Å². The van der Waals surface area contributed by atoms with Gasteiger partial charge in [-0.2, -0.15) is 0 Å². The van der Waals surface area contributed by atoms with Gasteiger partial charge in [0.05, 0.1) is 0 Å². The molecule has 0 aromatic heterocycles. The van der Waals surface area contributed by atoms with Gasteiger partial charge in [-0.05, 0) is 6.42 Å². The average molecular weight is 277 g/mol. The van der Waals surface area contributed by atoms with Crippen molar-refractivity contribution in [3.05, 3.63) is 0 Å². The van der Waals surface area contributed by atoms with Gasteiger partial charge in [-0.3, -0.25) is 6.29 Å². The Bertz CT molecular complexity index is 45.7. The molecule has 0 atom stereocenters. The van der Waals surface area contributed by atoms with Crippen molar-refractivity contribution in [2.45, 2.75) is 12.8 Å². The summed E-state index contributed by atoms with van der Waals surface area (Å²) in [7, 11) is 0. The molecule has 0 heterocycles. The van der Waals surface area contributed by atoms with E-state index in [1.165, 1.54) is 0 Å². The summed E-state index contributed by atoms with van der Waals surface area (Å²) in [5.74, 6) is 0. The molecule has 2 nitrogen and oxygen atoms in total. The topological polar surface area (TPSA) is 34.1 Å². The van der Waals surface area contributed by atoms with Crippen LogP contribution < -0.4 is 0 Å². The molecule has 0 aromatic rings. The summed E-state index contributed by atoms with van der Waals surface area (Å²) in [6.07, 6.45) is 2.84. The summed E-state index contributed by atoms with van der Waals surface area (Å²) in [6, 6.07) is 0. The maximum atomic E-state index is 9.38. The normalized spacial score (nSPS) is 6.29. The molecular formula is C4H5IrO2-. The van der Waals surface area contributed by atoms with Gasteiger partial charge in [0.1, 0.15) is 6.29 Å². The fourth-order valence-electron chi connectivity index (χ4n) is 0.118. The van der Waals surface area contributed by atoms with Gasteiger partial charge in [0.25, 0.3) is 0 Å². The zero-order chi connectivity index (χ0) is 4.83. The fourth-order valence-corrected chi connectivity index (χ4v) is 0.118.